The minimum Gasteiger partial charge on any atom is -0.457 e. The normalized spacial score (nSPS) is 12.1. The molecular weight excluding hydrogens is 262 g/mol. The molecule has 2 rings (SSSR count). The molecule has 0 heterocycles. The molecular formula is C18H23NO2. The summed E-state index contributed by atoms with van der Waals surface area (Å²) in [6.45, 7) is 5.37. The van der Waals surface area contributed by atoms with Gasteiger partial charge in [-0.2, -0.15) is 0 Å². The molecule has 21 heavy (non-hydrogen) atoms. The fraction of sp³-hybridized carbons (Fsp3) is 0.333. The summed E-state index contributed by atoms with van der Waals surface area (Å²) in [6.07, 6.45) is 1.13. The molecule has 3 heteroatoms. The van der Waals surface area contributed by atoms with E-state index in [0.717, 1.165) is 30.0 Å². The fourth-order valence-corrected chi connectivity index (χ4v) is 2.15. The lowest BCUT2D eigenvalue weighted by atomic mass is 10.1. The molecule has 0 radical (unpaired) electrons. The number of aliphatic hydroxyl groups excluding tert-OH is 1. The molecule has 2 aromatic carbocycles. The number of benzene rings is 2. The largest absolute Gasteiger partial charge is 0.457 e. The first-order valence-corrected chi connectivity index (χ1v) is 7.44. The second-order valence-electron chi connectivity index (χ2n) is 5.15. The van der Waals surface area contributed by atoms with Gasteiger partial charge in [-0.25, -0.2) is 0 Å². The van der Waals surface area contributed by atoms with Gasteiger partial charge >= 0.3 is 0 Å². The first-order chi connectivity index (χ1) is 10.2. The Morgan fingerprint density at radius 2 is 1.86 bits per heavy atom. The van der Waals surface area contributed by atoms with Gasteiger partial charge in [-0.05, 0) is 55.3 Å². The third-order valence-electron chi connectivity index (χ3n) is 3.40. The zero-order chi connectivity index (χ0) is 15.1. The van der Waals surface area contributed by atoms with Crippen molar-refractivity contribution in [2.45, 2.75) is 32.9 Å². The van der Waals surface area contributed by atoms with Crippen LogP contribution in [0.3, 0.4) is 0 Å². The molecule has 0 spiro atoms. The van der Waals surface area contributed by atoms with Crippen molar-refractivity contribution in [1.29, 1.82) is 0 Å². The Morgan fingerprint density at radius 3 is 2.52 bits per heavy atom. The molecule has 1 atom stereocenters. The van der Waals surface area contributed by atoms with E-state index in [1.807, 2.05) is 36.4 Å². The van der Waals surface area contributed by atoms with Crippen LogP contribution in [-0.4, -0.2) is 11.7 Å². The van der Waals surface area contributed by atoms with Crippen molar-refractivity contribution in [2.75, 3.05) is 6.54 Å². The van der Waals surface area contributed by atoms with Crippen molar-refractivity contribution in [3.8, 4) is 11.5 Å². The molecule has 0 aliphatic carbocycles. The highest BCUT2D eigenvalue weighted by Crippen LogP contribution is 2.24. The van der Waals surface area contributed by atoms with Crippen LogP contribution in [-0.2, 0) is 6.61 Å². The van der Waals surface area contributed by atoms with Gasteiger partial charge in [0.2, 0.25) is 0 Å². The molecule has 0 aromatic heterocycles. The van der Waals surface area contributed by atoms with E-state index in [4.69, 9.17) is 9.84 Å². The predicted molar refractivity (Wildman–Crippen MR) is 85.6 cm³/mol. The van der Waals surface area contributed by atoms with Crippen LogP contribution < -0.4 is 10.1 Å². The van der Waals surface area contributed by atoms with Gasteiger partial charge in [0.25, 0.3) is 0 Å². The van der Waals surface area contributed by atoms with Gasteiger partial charge in [-0.1, -0.05) is 31.2 Å². The number of ether oxygens (including phenoxy) is 1. The average Bonchev–Trinajstić information content (AvgIpc) is 2.53. The van der Waals surface area contributed by atoms with Crippen LogP contribution >= 0.6 is 0 Å². The van der Waals surface area contributed by atoms with E-state index in [1.54, 1.807) is 0 Å². The van der Waals surface area contributed by atoms with Crippen LogP contribution in [0.15, 0.2) is 48.5 Å². The third-order valence-corrected chi connectivity index (χ3v) is 3.40. The first kappa shape index (κ1) is 15.5. The van der Waals surface area contributed by atoms with Crippen molar-refractivity contribution in [3.63, 3.8) is 0 Å². The SMILES string of the molecule is CCCNC(C)c1ccc(Oc2cccc(CO)c2)cc1. The molecule has 0 aliphatic heterocycles. The lowest BCUT2D eigenvalue weighted by Gasteiger charge is -2.14. The third kappa shape index (κ3) is 4.59. The maximum absolute atomic E-state index is 9.13. The number of hydrogen-bond donors (Lipinski definition) is 2. The van der Waals surface area contributed by atoms with Crippen LogP contribution in [0.4, 0.5) is 0 Å². The van der Waals surface area contributed by atoms with Crippen molar-refractivity contribution in [1.82, 2.24) is 5.32 Å². The van der Waals surface area contributed by atoms with Gasteiger partial charge in [0.15, 0.2) is 0 Å². The highest BCUT2D eigenvalue weighted by Gasteiger charge is 2.04. The Labute approximate surface area is 126 Å². The molecule has 1 unspecified atom stereocenters. The van der Waals surface area contributed by atoms with Crippen molar-refractivity contribution in [3.05, 3.63) is 59.7 Å². The predicted octanol–water partition coefficient (Wildman–Crippen LogP) is 4.03. The van der Waals surface area contributed by atoms with Crippen molar-refractivity contribution < 1.29 is 9.84 Å². The maximum atomic E-state index is 9.13. The maximum Gasteiger partial charge on any atom is 0.127 e. The molecule has 112 valence electrons. The second kappa shape index (κ2) is 7.81. The minimum atomic E-state index is 0.0246. The quantitative estimate of drug-likeness (QED) is 0.807. The molecule has 0 bridgehead atoms. The van der Waals surface area contributed by atoms with Crippen LogP contribution in [0.1, 0.15) is 37.4 Å². The minimum absolute atomic E-state index is 0.0246. The number of nitrogens with one attached hydrogen (secondary N) is 1. The molecule has 0 amide bonds. The molecule has 3 nitrogen and oxygen atoms in total. The molecule has 0 fully saturated rings. The van der Waals surface area contributed by atoms with Gasteiger partial charge in [0.1, 0.15) is 11.5 Å². The van der Waals surface area contributed by atoms with Gasteiger partial charge < -0.3 is 15.2 Å². The Bertz CT molecular complexity index is 551. The fourth-order valence-electron chi connectivity index (χ4n) is 2.15. The standard InChI is InChI=1S/C18H23NO2/c1-3-11-19-14(2)16-7-9-17(10-8-16)21-18-6-4-5-15(12-18)13-20/h4-10,12,14,19-20H,3,11,13H2,1-2H3. The number of aliphatic hydroxyl groups is 1. The lowest BCUT2D eigenvalue weighted by molar-refractivity contribution is 0.281. The topological polar surface area (TPSA) is 41.5 Å². The molecule has 2 N–H and O–H groups in total. The van der Waals surface area contributed by atoms with Crippen molar-refractivity contribution in [2.24, 2.45) is 0 Å². The first-order valence-electron chi connectivity index (χ1n) is 7.44. The van der Waals surface area contributed by atoms with E-state index in [2.05, 4.69) is 31.3 Å². The zero-order valence-corrected chi connectivity index (χ0v) is 12.7. The van der Waals surface area contributed by atoms with Crippen LogP contribution in [0, 0.1) is 0 Å². The van der Waals surface area contributed by atoms with Crippen LogP contribution in [0.5, 0.6) is 11.5 Å². The van der Waals surface area contributed by atoms with Gasteiger partial charge in [-0.15, -0.1) is 0 Å². The van der Waals surface area contributed by atoms with Gasteiger partial charge in [-0.3, -0.25) is 0 Å². The van der Waals surface area contributed by atoms with E-state index < -0.39 is 0 Å². The Balaban J connectivity index is 2.01. The second-order valence-corrected chi connectivity index (χ2v) is 5.15. The van der Waals surface area contributed by atoms with E-state index in [0.29, 0.717) is 6.04 Å². The number of hydrogen-bond acceptors (Lipinski definition) is 3. The Morgan fingerprint density at radius 1 is 1.10 bits per heavy atom. The summed E-state index contributed by atoms with van der Waals surface area (Å²) in [5.41, 5.74) is 2.10. The van der Waals surface area contributed by atoms with Crippen LogP contribution in [0.25, 0.3) is 0 Å². The molecule has 0 saturated carbocycles. The van der Waals surface area contributed by atoms with E-state index >= 15 is 0 Å². The summed E-state index contributed by atoms with van der Waals surface area (Å²) in [6, 6.07) is 15.9. The monoisotopic (exact) mass is 285 g/mol. The van der Waals surface area contributed by atoms with Gasteiger partial charge in [0, 0.05) is 6.04 Å². The summed E-state index contributed by atoms with van der Waals surface area (Å²) in [4.78, 5) is 0. The summed E-state index contributed by atoms with van der Waals surface area (Å²) in [5, 5.41) is 12.6. The highest BCUT2D eigenvalue weighted by molar-refractivity contribution is 5.35. The van der Waals surface area contributed by atoms with E-state index in [-0.39, 0.29) is 6.61 Å². The van der Waals surface area contributed by atoms with Crippen molar-refractivity contribution >= 4 is 0 Å². The summed E-state index contributed by atoms with van der Waals surface area (Å²) >= 11 is 0. The summed E-state index contributed by atoms with van der Waals surface area (Å²) in [7, 11) is 0. The number of rotatable bonds is 7. The Hall–Kier alpha value is -1.84. The summed E-state index contributed by atoms with van der Waals surface area (Å²) < 4.78 is 5.81. The lowest BCUT2D eigenvalue weighted by Crippen LogP contribution is -2.19. The van der Waals surface area contributed by atoms with E-state index in [9.17, 15) is 0 Å². The van der Waals surface area contributed by atoms with Gasteiger partial charge in [0.05, 0.1) is 6.61 Å². The highest BCUT2D eigenvalue weighted by atomic mass is 16.5. The zero-order valence-electron chi connectivity index (χ0n) is 12.7. The van der Waals surface area contributed by atoms with Crippen LogP contribution in [0.2, 0.25) is 0 Å². The van der Waals surface area contributed by atoms with E-state index in [1.165, 1.54) is 5.56 Å². The molecule has 2 aromatic rings. The Kier molecular flexibility index (Phi) is 5.78. The smallest absolute Gasteiger partial charge is 0.127 e. The molecule has 0 saturated heterocycles. The average molecular weight is 285 g/mol. The summed E-state index contributed by atoms with van der Waals surface area (Å²) in [5.74, 6) is 1.54. The molecule has 0 aliphatic rings.